The molecule has 0 aliphatic carbocycles. The van der Waals surface area contributed by atoms with Crippen LogP contribution in [0.2, 0.25) is 0 Å². The Morgan fingerprint density at radius 3 is 2.77 bits per heavy atom. The largest absolute Gasteiger partial charge is 0.490 e. The maximum Gasteiger partial charge on any atom is 0.407 e. The van der Waals surface area contributed by atoms with Crippen LogP contribution in [0.3, 0.4) is 0 Å². The second-order valence-corrected chi connectivity index (χ2v) is 11.2. The highest BCUT2D eigenvalue weighted by atomic mass is 16.6. The summed E-state index contributed by atoms with van der Waals surface area (Å²) in [6.07, 6.45) is 3.09. The third kappa shape index (κ3) is 5.89. The number of imidazole rings is 1. The minimum absolute atomic E-state index is 0.106. The molecule has 40 heavy (non-hydrogen) atoms. The number of piperazine rings is 1. The predicted octanol–water partition coefficient (Wildman–Crippen LogP) is 3.82. The summed E-state index contributed by atoms with van der Waals surface area (Å²) in [6, 6.07) is 6.15. The van der Waals surface area contributed by atoms with Gasteiger partial charge in [-0.2, -0.15) is 0 Å². The molecule has 11 heteroatoms. The van der Waals surface area contributed by atoms with E-state index in [-0.39, 0.29) is 18.7 Å². The Hall–Kier alpha value is -4.12. The van der Waals surface area contributed by atoms with Crippen molar-refractivity contribution in [2.45, 2.75) is 53.2 Å². The first-order chi connectivity index (χ1) is 19.0. The van der Waals surface area contributed by atoms with Crippen molar-refractivity contribution < 1.29 is 18.7 Å². The fourth-order valence-electron chi connectivity index (χ4n) is 4.94. The van der Waals surface area contributed by atoms with Crippen molar-refractivity contribution in [3.05, 3.63) is 52.4 Å². The lowest BCUT2D eigenvalue weighted by atomic mass is 10.1. The van der Waals surface area contributed by atoms with E-state index in [1.54, 1.807) is 27.0 Å². The van der Waals surface area contributed by atoms with Gasteiger partial charge < -0.3 is 33.8 Å². The maximum absolute atomic E-state index is 13.5. The number of benzene rings is 1. The van der Waals surface area contributed by atoms with Gasteiger partial charge in [0, 0.05) is 49.8 Å². The number of ether oxygens (including phenoxy) is 2. The van der Waals surface area contributed by atoms with Crippen molar-refractivity contribution >= 4 is 28.4 Å². The van der Waals surface area contributed by atoms with Gasteiger partial charge in [-0.3, -0.25) is 4.98 Å². The van der Waals surface area contributed by atoms with Crippen LogP contribution in [0, 0.1) is 13.8 Å². The summed E-state index contributed by atoms with van der Waals surface area (Å²) >= 11 is 0. The summed E-state index contributed by atoms with van der Waals surface area (Å²) < 4.78 is 19.2. The van der Waals surface area contributed by atoms with E-state index < -0.39 is 17.3 Å². The number of nitrogens with one attached hydrogen (secondary N) is 2. The first-order valence-electron chi connectivity index (χ1n) is 13.5. The molecule has 0 bridgehead atoms. The molecule has 1 saturated heterocycles. The van der Waals surface area contributed by atoms with E-state index in [1.165, 1.54) is 0 Å². The maximum atomic E-state index is 13.5. The SMILES string of the molecule is Cc1cn2cc(-c3c(OCCNC(=O)OC(C)(C)C)c4ccc(N5CCNC(C)C5)cc4oc3=O)nc2c(C)n1. The molecular weight excluding hydrogens is 512 g/mol. The van der Waals surface area contributed by atoms with Gasteiger partial charge in [-0.05, 0) is 53.7 Å². The molecule has 1 atom stereocenters. The van der Waals surface area contributed by atoms with Crippen LogP contribution in [0.25, 0.3) is 27.9 Å². The number of carbonyl (C=O) groups is 1. The van der Waals surface area contributed by atoms with Crippen molar-refractivity contribution in [3.8, 4) is 17.0 Å². The summed E-state index contributed by atoms with van der Waals surface area (Å²) in [5.41, 5.74) is 3.08. The molecule has 0 saturated carbocycles. The predicted molar refractivity (Wildman–Crippen MR) is 153 cm³/mol. The van der Waals surface area contributed by atoms with Gasteiger partial charge in [-0.15, -0.1) is 0 Å². The van der Waals surface area contributed by atoms with Crippen LogP contribution in [0.4, 0.5) is 10.5 Å². The zero-order valence-corrected chi connectivity index (χ0v) is 23.8. The lowest BCUT2D eigenvalue weighted by Crippen LogP contribution is -2.49. The number of carbonyl (C=O) groups excluding carboxylic acids is 1. The third-order valence-corrected chi connectivity index (χ3v) is 6.58. The van der Waals surface area contributed by atoms with Crippen LogP contribution in [-0.2, 0) is 4.74 Å². The Balaban J connectivity index is 1.53. The molecule has 11 nitrogen and oxygen atoms in total. The van der Waals surface area contributed by atoms with E-state index >= 15 is 0 Å². The molecule has 1 fully saturated rings. The standard InChI is InChI=1S/C29H36N6O5/c1-17-14-34(11-9-30-17)20-7-8-21-23(13-20)39-27(36)24(22-16-35-15-18(2)32-19(3)26(35)33-22)25(21)38-12-10-31-28(37)40-29(4,5)6/h7-8,13,15-17,30H,9-12,14H2,1-6H3,(H,31,37). The molecule has 1 aromatic carbocycles. The Labute approximate surface area is 232 Å². The Kier molecular flexibility index (Phi) is 7.41. The Bertz CT molecular complexity index is 1620. The molecule has 2 N–H and O–H groups in total. The zero-order valence-electron chi connectivity index (χ0n) is 23.8. The minimum atomic E-state index is -0.610. The molecule has 0 spiro atoms. The van der Waals surface area contributed by atoms with E-state index in [0.29, 0.717) is 34.1 Å². The quantitative estimate of drug-likeness (QED) is 0.273. The van der Waals surface area contributed by atoms with Crippen LogP contribution in [0.15, 0.2) is 39.8 Å². The molecule has 1 amide bonds. The molecular formula is C29H36N6O5. The number of anilines is 1. The fraction of sp³-hybridized carbons (Fsp3) is 0.448. The molecule has 4 heterocycles. The van der Waals surface area contributed by atoms with Crippen LogP contribution in [0.1, 0.15) is 39.1 Å². The number of hydrogen-bond acceptors (Lipinski definition) is 9. The number of alkyl carbamates (subject to hydrolysis) is 1. The van der Waals surface area contributed by atoms with Gasteiger partial charge in [0.15, 0.2) is 5.65 Å². The van der Waals surface area contributed by atoms with E-state index in [1.807, 2.05) is 42.6 Å². The topological polar surface area (TPSA) is 123 Å². The summed E-state index contributed by atoms with van der Waals surface area (Å²) in [5, 5.41) is 6.78. The van der Waals surface area contributed by atoms with Gasteiger partial charge in [0.1, 0.15) is 34.8 Å². The molecule has 4 aromatic rings. The first-order valence-corrected chi connectivity index (χ1v) is 13.5. The van der Waals surface area contributed by atoms with Crippen LogP contribution in [0.5, 0.6) is 5.75 Å². The first kappa shape index (κ1) is 27.4. The highest BCUT2D eigenvalue weighted by molar-refractivity contribution is 5.92. The molecule has 1 aliphatic rings. The number of aryl methyl sites for hydroxylation is 2. The van der Waals surface area contributed by atoms with Crippen molar-refractivity contribution in [3.63, 3.8) is 0 Å². The van der Waals surface area contributed by atoms with E-state index in [4.69, 9.17) is 18.9 Å². The Morgan fingerprint density at radius 1 is 1.23 bits per heavy atom. The van der Waals surface area contributed by atoms with Crippen LogP contribution >= 0.6 is 0 Å². The number of rotatable bonds is 6. The highest BCUT2D eigenvalue weighted by Crippen LogP contribution is 2.36. The van der Waals surface area contributed by atoms with Gasteiger partial charge in [0.25, 0.3) is 0 Å². The molecule has 0 radical (unpaired) electrons. The average Bonchev–Trinajstić information content (AvgIpc) is 3.28. The van der Waals surface area contributed by atoms with E-state index in [9.17, 15) is 9.59 Å². The highest BCUT2D eigenvalue weighted by Gasteiger charge is 2.23. The van der Waals surface area contributed by atoms with Crippen LogP contribution < -0.4 is 25.9 Å². The van der Waals surface area contributed by atoms with Crippen molar-refractivity contribution in [1.29, 1.82) is 0 Å². The van der Waals surface area contributed by atoms with Crippen molar-refractivity contribution in [2.24, 2.45) is 0 Å². The monoisotopic (exact) mass is 548 g/mol. The van der Waals surface area contributed by atoms with Crippen molar-refractivity contribution in [1.82, 2.24) is 25.0 Å². The number of aromatic nitrogens is 3. The number of hydrogen-bond donors (Lipinski definition) is 2. The van der Waals surface area contributed by atoms with Crippen LogP contribution in [-0.4, -0.2) is 64.9 Å². The summed E-state index contributed by atoms with van der Waals surface area (Å²) in [6.45, 7) is 14.2. The Morgan fingerprint density at radius 2 is 2.02 bits per heavy atom. The minimum Gasteiger partial charge on any atom is -0.490 e. The summed E-state index contributed by atoms with van der Waals surface area (Å²) in [5.74, 6) is 0.350. The van der Waals surface area contributed by atoms with Gasteiger partial charge in [0.05, 0.1) is 23.3 Å². The second kappa shape index (κ2) is 10.8. The number of nitrogens with zero attached hydrogens (tertiary/aromatic N) is 4. The summed E-state index contributed by atoms with van der Waals surface area (Å²) in [7, 11) is 0. The average molecular weight is 549 g/mol. The second-order valence-electron chi connectivity index (χ2n) is 11.2. The zero-order chi connectivity index (χ0) is 28.6. The van der Waals surface area contributed by atoms with Gasteiger partial charge >= 0.3 is 11.7 Å². The molecule has 5 rings (SSSR count). The lowest BCUT2D eigenvalue weighted by Gasteiger charge is -2.33. The summed E-state index contributed by atoms with van der Waals surface area (Å²) in [4.78, 5) is 37.1. The van der Waals surface area contributed by atoms with E-state index in [2.05, 4.69) is 27.4 Å². The molecule has 1 aliphatic heterocycles. The normalized spacial score (nSPS) is 15.9. The lowest BCUT2D eigenvalue weighted by molar-refractivity contribution is 0.0520. The number of fused-ring (bicyclic) bond motifs is 2. The smallest absolute Gasteiger partial charge is 0.407 e. The number of amides is 1. The third-order valence-electron chi connectivity index (χ3n) is 6.58. The van der Waals surface area contributed by atoms with Gasteiger partial charge in [-0.25, -0.2) is 14.6 Å². The molecule has 212 valence electrons. The molecule has 3 aromatic heterocycles. The fourth-order valence-corrected chi connectivity index (χ4v) is 4.94. The van der Waals surface area contributed by atoms with Gasteiger partial charge in [-0.1, -0.05) is 0 Å². The van der Waals surface area contributed by atoms with Gasteiger partial charge in [0.2, 0.25) is 0 Å². The molecule has 1 unspecified atom stereocenters. The van der Waals surface area contributed by atoms with Crippen molar-refractivity contribution in [2.75, 3.05) is 37.7 Å². The van der Waals surface area contributed by atoms with E-state index in [0.717, 1.165) is 36.7 Å².